The minimum absolute atomic E-state index is 0.167. The molecular weight excluding hydrogens is 346 g/mol. The van der Waals surface area contributed by atoms with E-state index in [1.54, 1.807) is 0 Å². The van der Waals surface area contributed by atoms with Crippen LogP contribution >= 0.6 is 11.6 Å². The van der Waals surface area contributed by atoms with E-state index in [4.69, 9.17) is 11.6 Å². The number of halogens is 1. The largest absolute Gasteiger partial charge is 0.371 e. The maximum Gasteiger partial charge on any atom is 0.230 e. The number of hydrogen-bond acceptors (Lipinski definition) is 3. The summed E-state index contributed by atoms with van der Waals surface area (Å²) in [4.78, 5) is 19.3. The number of anilines is 1. The van der Waals surface area contributed by atoms with Crippen LogP contribution in [0.25, 0.3) is 0 Å². The van der Waals surface area contributed by atoms with Crippen LogP contribution < -0.4 is 10.2 Å². The van der Waals surface area contributed by atoms with Gasteiger partial charge in [0.25, 0.3) is 0 Å². The summed E-state index contributed by atoms with van der Waals surface area (Å²) in [6.45, 7) is 2.80. The van der Waals surface area contributed by atoms with Crippen molar-refractivity contribution in [3.05, 3.63) is 59.4 Å². The van der Waals surface area contributed by atoms with Crippen molar-refractivity contribution >= 4 is 23.2 Å². The number of hydrogen-bond donors (Lipinski definition) is 1. The molecule has 1 amide bonds. The number of carbonyl (C=O) groups is 1. The van der Waals surface area contributed by atoms with Gasteiger partial charge in [-0.2, -0.15) is 0 Å². The Morgan fingerprint density at radius 3 is 2.62 bits per heavy atom. The van der Waals surface area contributed by atoms with Crippen molar-refractivity contribution in [1.82, 2.24) is 10.3 Å². The lowest BCUT2D eigenvalue weighted by atomic mass is 9.93. The number of nitrogens with one attached hydrogen (secondary N) is 1. The van der Waals surface area contributed by atoms with Gasteiger partial charge in [0, 0.05) is 42.7 Å². The minimum Gasteiger partial charge on any atom is -0.371 e. The number of benzene rings is 1. The van der Waals surface area contributed by atoms with Gasteiger partial charge in [-0.15, -0.1) is 0 Å². The fourth-order valence-corrected chi connectivity index (χ4v) is 4.09. The van der Waals surface area contributed by atoms with Crippen LogP contribution in [0, 0.1) is 5.92 Å². The Hall–Kier alpha value is -2.07. The molecule has 4 rings (SSSR count). The van der Waals surface area contributed by atoms with Gasteiger partial charge >= 0.3 is 0 Å². The SMILES string of the molecule is O=C(NC[C@@H]1CCCN(c2ccncc2)C1)C1(c2ccc(Cl)cc2)CC1. The summed E-state index contributed by atoms with van der Waals surface area (Å²) >= 11 is 5.98. The van der Waals surface area contributed by atoms with Crippen molar-refractivity contribution in [2.24, 2.45) is 5.92 Å². The summed E-state index contributed by atoms with van der Waals surface area (Å²) in [5.41, 5.74) is 1.97. The predicted molar refractivity (Wildman–Crippen MR) is 105 cm³/mol. The monoisotopic (exact) mass is 369 g/mol. The Balaban J connectivity index is 1.35. The Morgan fingerprint density at radius 1 is 1.19 bits per heavy atom. The van der Waals surface area contributed by atoms with Crippen LogP contribution in [-0.4, -0.2) is 30.5 Å². The summed E-state index contributed by atoms with van der Waals surface area (Å²) in [7, 11) is 0. The lowest BCUT2D eigenvalue weighted by molar-refractivity contribution is -0.123. The van der Waals surface area contributed by atoms with Gasteiger partial charge in [-0.05, 0) is 61.4 Å². The maximum absolute atomic E-state index is 12.8. The summed E-state index contributed by atoms with van der Waals surface area (Å²) in [6, 6.07) is 11.8. The number of pyridine rings is 1. The summed E-state index contributed by atoms with van der Waals surface area (Å²) in [6.07, 6.45) is 7.84. The summed E-state index contributed by atoms with van der Waals surface area (Å²) < 4.78 is 0. The Labute approximate surface area is 159 Å². The van der Waals surface area contributed by atoms with Crippen molar-refractivity contribution in [3.8, 4) is 0 Å². The van der Waals surface area contributed by atoms with Crippen LogP contribution in [-0.2, 0) is 10.2 Å². The number of amides is 1. The van der Waals surface area contributed by atoms with E-state index in [0.29, 0.717) is 10.9 Å². The summed E-state index contributed by atoms with van der Waals surface area (Å²) in [5.74, 6) is 0.655. The van der Waals surface area contributed by atoms with Crippen LogP contribution in [0.5, 0.6) is 0 Å². The average Bonchev–Trinajstić information content (AvgIpc) is 3.50. The Morgan fingerprint density at radius 2 is 1.92 bits per heavy atom. The highest BCUT2D eigenvalue weighted by molar-refractivity contribution is 6.30. The molecule has 136 valence electrons. The molecule has 26 heavy (non-hydrogen) atoms. The normalized spacial score (nSPS) is 21.3. The zero-order valence-electron chi connectivity index (χ0n) is 14.8. The van der Waals surface area contributed by atoms with Gasteiger partial charge in [-0.25, -0.2) is 0 Å². The van der Waals surface area contributed by atoms with E-state index in [0.717, 1.165) is 50.9 Å². The Bertz CT molecular complexity index is 759. The van der Waals surface area contributed by atoms with Gasteiger partial charge in [-0.3, -0.25) is 9.78 Å². The standard InChI is InChI=1S/C21H24ClN3O/c22-18-5-3-17(4-6-18)21(9-10-21)20(26)24-14-16-2-1-13-25(15-16)19-7-11-23-12-8-19/h3-8,11-12,16H,1-2,9-10,13-15H2,(H,24,26)/t16-/m0/s1. The van der Waals surface area contributed by atoms with E-state index in [1.165, 1.54) is 5.69 Å². The van der Waals surface area contributed by atoms with Gasteiger partial charge in [0.2, 0.25) is 5.91 Å². The Kier molecular flexibility index (Phi) is 4.86. The first kappa shape index (κ1) is 17.3. The molecule has 1 aliphatic heterocycles. The highest BCUT2D eigenvalue weighted by Crippen LogP contribution is 2.48. The van der Waals surface area contributed by atoms with Crippen LogP contribution in [0.3, 0.4) is 0 Å². The molecular formula is C21H24ClN3O. The molecule has 2 heterocycles. The number of rotatable bonds is 5. The molecule has 5 heteroatoms. The van der Waals surface area contributed by atoms with Crippen LogP contribution in [0.4, 0.5) is 5.69 Å². The topological polar surface area (TPSA) is 45.2 Å². The van der Waals surface area contributed by atoms with Crippen LogP contribution in [0.1, 0.15) is 31.2 Å². The van der Waals surface area contributed by atoms with E-state index < -0.39 is 0 Å². The quantitative estimate of drug-likeness (QED) is 0.871. The number of carbonyl (C=O) groups excluding carboxylic acids is 1. The molecule has 1 saturated heterocycles. The fourth-order valence-electron chi connectivity index (χ4n) is 3.97. The van der Waals surface area contributed by atoms with Crippen molar-refractivity contribution in [2.75, 3.05) is 24.5 Å². The molecule has 1 saturated carbocycles. The second-order valence-electron chi connectivity index (χ2n) is 7.46. The molecule has 2 aliphatic rings. The smallest absolute Gasteiger partial charge is 0.230 e. The molecule has 0 radical (unpaired) electrons. The first-order valence-electron chi connectivity index (χ1n) is 9.37. The number of aromatic nitrogens is 1. The molecule has 1 aromatic heterocycles. The highest BCUT2D eigenvalue weighted by atomic mass is 35.5. The molecule has 1 N–H and O–H groups in total. The van der Waals surface area contributed by atoms with Crippen LogP contribution in [0.2, 0.25) is 5.02 Å². The third-order valence-electron chi connectivity index (χ3n) is 5.68. The van der Waals surface area contributed by atoms with Crippen molar-refractivity contribution in [3.63, 3.8) is 0 Å². The molecule has 1 atom stereocenters. The third kappa shape index (κ3) is 3.56. The maximum atomic E-state index is 12.8. The van der Waals surface area contributed by atoms with Crippen molar-refractivity contribution < 1.29 is 4.79 Å². The fraction of sp³-hybridized carbons (Fsp3) is 0.429. The molecule has 2 fully saturated rings. The number of piperidine rings is 1. The van der Waals surface area contributed by atoms with E-state index in [9.17, 15) is 4.79 Å². The van der Waals surface area contributed by atoms with E-state index in [-0.39, 0.29) is 11.3 Å². The molecule has 0 spiro atoms. The van der Waals surface area contributed by atoms with Gasteiger partial charge in [-0.1, -0.05) is 23.7 Å². The second kappa shape index (κ2) is 7.28. The van der Waals surface area contributed by atoms with Crippen molar-refractivity contribution in [2.45, 2.75) is 31.1 Å². The molecule has 2 aromatic rings. The molecule has 4 nitrogen and oxygen atoms in total. The van der Waals surface area contributed by atoms with Gasteiger partial charge in [0.05, 0.1) is 5.41 Å². The molecule has 0 unspecified atom stereocenters. The lowest BCUT2D eigenvalue weighted by Gasteiger charge is -2.34. The first-order chi connectivity index (χ1) is 12.7. The summed E-state index contributed by atoms with van der Waals surface area (Å²) in [5, 5.41) is 3.94. The zero-order valence-corrected chi connectivity index (χ0v) is 15.6. The van der Waals surface area contributed by atoms with Gasteiger partial charge in [0.1, 0.15) is 0 Å². The average molecular weight is 370 g/mol. The molecule has 1 aromatic carbocycles. The van der Waals surface area contributed by atoms with Crippen molar-refractivity contribution in [1.29, 1.82) is 0 Å². The van der Waals surface area contributed by atoms with Gasteiger partial charge < -0.3 is 10.2 Å². The zero-order chi connectivity index (χ0) is 18.0. The van der Waals surface area contributed by atoms with E-state index >= 15 is 0 Å². The lowest BCUT2D eigenvalue weighted by Crippen LogP contribution is -2.43. The first-order valence-corrected chi connectivity index (χ1v) is 9.74. The van der Waals surface area contributed by atoms with Crippen LogP contribution in [0.15, 0.2) is 48.8 Å². The second-order valence-corrected chi connectivity index (χ2v) is 7.90. The third-order valence-corrected chi connectivity index (χ3v) is 5.93. The highest BCUT2D eigenvalue weighted by Gasteiger charge is 2.51. The molecule has 0 bridgehead atoms. The number of nitrogens with zero attached hydrogens (tertiary/aromatic N) is 2. The van der Waals surface area contributed by atoms with Gasteiger partial charge in [0.15, 0.2) is 0 Å². The van der Waals surface area contributed by atoms with E-state index in [2.05, 4.69) is 27.3 Å². The predicted octanol–water partition coefficient (Wildman–Crippen LogP) is 3.80. The molecule has 1 aliphatic carbocycles. The minimum atomic E-state index is -0.329. The van der Waals surface area contributed by atoms with E-state index in [1.807, 2.05) is 36.7 Å².